The Balaban J connectivity index is 1.42. The largest absolute Gasteiger partial charge is 0.507 e. The van der Waals surface area contributed by atoms with Crippen LogP contribution in [0.5, 0.6) is 28.7 Å². The van der Waals surface area contributed by atoms with Gasteiger partial charge in [0, 0.05) is 18.7 Å². The van der Waals surface area contributed by atoms with E-state index >= 15 is 0 Å². The maximum absolute atomic E-state index is 13.4. The molecular weight excluding hydrogens is 502 g/mol. The lowest BCUT2D eigenvalue weighted by molar-refractivity contribution is -0.123. The number of ether oxygens (including phenoxy) is 3. The highest BCUT2D eigenvalue weighted by molar-refractivity contribution is 6.25. The summed E-state index contributed by atoms with van der Waals surface area (Å²) in [4.78, 5) is 38.9. The molecule has 1 aliphatic heterocycles. The van der Waals surface area contributed by atoms with Crippen molar-refractivity contribution in [3.63, 3.8) is 0 Å². The van der Waals surface area contributed by atoms with Gasteiger partial charge in [0.25, 0.3) is 5.91 Å². The number of aromatic hydroxyl groups is 1. The fourth-order valence-corrected chi connectivity index (χ4v) is 4.79. The fourth-order valence-electron chi connectivity index (χ4n) is 4.79. The highest BCUT2D eigenvalue weighted by Gasteiger charge is 2.55. The van der Waals surface area contributed by atoms with Crippen LogP contribution in [-0.4, -0.2) is 34.8 Å². The monoisotopic (exact) mass is 527 g/mol. The first kappa shape index (κ1) is 25.6. The molecule has 1 heterocycles. The Labute approximate surface area is 223 Å². The number of ketones is 2. The molecule has 1 atom stereocenters. The second-order valence-corrected chi connectivity index (χ2v) is 9.30. The van der Waals surface area contributed by atoms with Gasteiger partial charge in [-0.05, 0) is 43.7 Å². The molecule has 39 heavy (non-hydrogen) atoms. The van der Waals surface area contributed by atoms with E-state index in [4.69, 9.17) is 14.2 Å². The number of allylic oxidation sites excluding steroid dienone is 3. The highest BCUT2D eigenvalue weighted by Crippen LogP contribution is 2.56. The average molecular weight is 528 g/mol. The van der Waals surface area contributed by atoms with Crippen LogP contribution in [0.3, 0.4) is 0 Å². The number of aliphatic hydroxyl groups excluding tert-OH is 1. The Bertz CT molecular complexity index is 1570. The van der Waals surface area contributed by atoms with Gasteiger partial charge < -0.3 is 29.7 Å². The first-order valence-electron chi connectivity index (χ1n) is 12.1. The van der Waals surface area contributed by atoms with Gasteiger partial charge in [-0.3, -0.25) is 14.4 Å². The SMILES string of the molecule is COc1cc(O)c2c(c1C(=O)NCc1ccc(Oc3ccccc3)cc1)OC1=CC(O)=C(C(C)=O)C(=O)[C@]12C. The molecule has 0 saturated carbocycles. The number of hydrogen-bond acceptors (Lipinski definition) is 8. The molecule has 3 N–H and O–H groups in total. The van der Waals surface area contributed by atoms with E-state index in [2.05, 4.69) is 5.32 Å². The van der Waals surface area contributed by atoms with E-state index in [0.717, 1.165) is 18.6 Å². The normalized spacial score (nSPS) is 17.5. The smallest absolute Gasteiger partial charge is 0.259 e. The number of rotatable bonds is 7. The number of nitrogens with one attached hydrogen (secondary N) is 1. The highest BCUT2D eigenvalue weighted by atomic mass is 16.5. The van der Waals surface area contributed by atoms with Crippen molar-refractivity contribution in [2.75, 3.05) is 7.11 Å². The lowest BCUT2D eigenvalue weighted by atomic mass is 9.71. The van der Waals surface area contributed by atoms with E-state index < -0.39 is 34.2 Å². The van der Waals surface area contributed by atoms with Gasteiger partial charge in [-0.1, -0.05) is 30.3 Å². The van der Waals surface area contributed by atoms with Crippen molar-refractivity contribution in [1.82, 2.24) is 5.32 Å². The van der Waals surface area contributed by atoms with Gasteiger partial charge in [-0.25, -0.2) is 0 Å². The number of methoxy groups -OCH3 is 1. The molecule has 1 amide bonds. The van der Waals surface area contributed by atoms with Crippen molar-refractivity contribution in [2.45, 2.75) is 25.8 Å². The summed E-state index contributed by atoms with van der Waals surface area (Å²) in [7, 11) is 1.33. The molecule has 0 saturated heterocycles. The third-order valence-electron chi connectivity index (χ3n) is 6.79. The van der Waals surface area contributed by atoms with E-state index in [-0.39, 0.29) is 40.7 Å². The number of Topliss-reactive ketones (excluding diaryl/α,β-unsaturated/α-hetero) is 2. The minimum absolute atomic E-state index is 0.0124. The first-order chi connectivity index (χ1) is 18.6. The topological polar surface area (TPSA) is 131 Å². The number of hydrogen-bond donors (Lipinski definition) is 3. The third-order valence-corrected chi connectivity index (χ3v) is 6.79. The van der Waals surface area contributed by atoms with Gasteiger partial charge in [-0.2, -0.15) is 0 Å². The molecular formula is C30H25NO8. The predicted octanol–water partition coefficient (Wildman–Crippen LogP) is 4.64. The van der Waals surface area contributed by atoms with Crippen molar-refractivity contribution >= 4 is 17.5 Å². The molecule has 198 valence electrons. The zero-order valence-electron chi connectivity index (χ0n) is 21.4. The van der Waals surface area contributed by atoms with Gasteiger partial charge in [-0.15, -0.1) is 0 Å². The Morgan fingerprint density at radius 3 is 2.33 bits per heavy atom. The Morgan fingerprint density at radius 1 is 1.03 bits per heavy atom. The zero-order chi connectivity index (χ0) is 27.9. The molecule has 3 aromatic rings. The van der Waals surface area contributed by atoms with E-state index in [0.29, 0.717) is 11.5 Å². The lowest BCUT2D eigenvalue weighted by Gasteiger charge is -2.27. The molecule has 2 aliphatic rings. The number of fused-ring (bicyclic) bond motifs is 3. The molecule has 9 nitrogen and oxygen atoms in total. The van der Waals surface area contributed by atoms with E-state index in [1.54, 1.807) is 12.1 Å². The second-order valence-electron chi connectivity index (χ2n) is 9.30. The van der Waals surface area contributed by atoms with Crippen LogP contribution in [0.2, 0.25) is 0 Å². The van der Waals surface area contributed by atoms with Crippen molar-refractivity contribution < 1.29 is 38.8 Å². The van der Waals surface area contributed by atoms with Gasteiger partial charge in [0.05, 0.1) is 12.7 Å². The standard InChI is InChI=1S/C30H25NO8/c1-16(32)24-20(33)14-23-30(2,28(24)35)26-21(34)13-22(37-3)25(27(26)39-23)29(36)31-15-17-9-11-19(12-10-17)38-18-7-5-4-6-8-18/h4-14,33-34H,15H2,1-3H3,(H,31,36)/t30-/m1/s1. The van der Waals surface area contributed by atoms with Crippen molar-refractivity contribution in [3.05, 3.63) is 101 Å². The summed E-state index contributed by atoms with van der Waals surface area (Å²) in [5.74, 6) is -1.58. The van der Waals surface area contributed by atoms with Crippen LogP contribution in [0, 0.1) is 0 Å². The van der Waals surface area contributed by atoms with Gasteiger partial charge >= 0.3 is 0 Å². The predicted molar refractivity (Wildman–Crippen MR) is 140 cm³/mol. The molecule has 0 fully saturated rings. The second kappa shape index (κ2) is 9.68. The fraction of sp³-hybridized carbons (Fsp3) is 0.167. The number of aliphatic hydroxyl groups is 1. The van der Waals surface area contributed by atoms with Crippen LogP contribution in [0.25, 0.3) is 0 Å². The molecule has 0 spiro atoms. The summed E-state index contributed by atoms with van der Waals surface area (Å²) in [6, 6.07) is 17.7. The molecule has 0 radical (unpaired) electrons. The number of carbonyl (C=O) groups excluding carboxylic acids is 3. The van der Waals surface area contributed by atoms with Crippen LogP contribution in [-0.2, 0) is 21.5 Å². The molecule has 1 aliphatic carbocycles. The van der Waals surface area contributed by atoms with E-state index in [1.165, 1.54) is 20.1 Å². The quantitative estimate of drug-likeness (QED) is 0.379. The number of amides is 1. The van der Waals surface area contributed by atoms with Crippen LogP contribution in [0.4, 0.5) is 0 Å². The Hall–Kier alpha value is -5.05. The summed E-state index contributed by atoms with van der Waals surface area (Å²) in [5, 5.41) is 24.0. The van der Waals surface area contributed by atoms with Crippen LogP contribution >= 0.6 is 0 Å². The van der Waals surface area contributed by atoms with Crippen molar-refractivity contribution in [3.8, 4) is 28.7 Å². The molecule has 3 aromatic carbocycles. The minimum Gasteiger partial charge on any atom is -0.507 e. The van der Waals surface area contributed by atoms with Gasteiger partial charge in [0.1, 0.15) is 51.1 Å². The van der Waals surface area contributed by atoms with E-state index in [1.807, 2.05) is 42.5 Å². The lowest BCUT2D eigenvalue weighted by Crippen LogP contribution is -2.38. The first-order valence-corrected chi connectivity index (χ1v) is 12.1. The zero-order valence-corrected chi connectivity index (χ0v) is 21.4. The summed E-state index contributed by atoms with van der Waals surface area (Å²) >= 11 is 0. The number of benzene rings is 3. The minimum atomic E-state index is -1.62. The maximum Gasteiger partial charge on any atom is 0.259 e. The summed E-state index contributed by atoms with van der Waals surface area (Å²) in [6.45, 7) is 2.78. The Kier molecular flexibility index (Phi) is 6.35. The maximum atomic E-state index is 13.4. The van der Waals surface area contributed by atoms with Crippen molar-refractivity contribution in [2.24, 2.45) is 0 Å². The van der Waals surface area contributed by atoms with Crippen LogP contribution in [0.1, 0.15) is 35.3 Å². The number of phenols is 1. The number of carbonyl (C=O) groups is 3. The molecule has 0 aromatic heterocycles. The third kappa shape index (κ3) is 4.27. The van der Waals surface area contributed by atoms with Crippen molar-refractivity contribution in [1.29, 1.82) is 0 Å². The molecule has 0 bridgehead atoms. The Morgan fingerprint density at radius 2 is 1.69 bits per heavy atom. The van der Waals surface area contributed by atoms with Gasteiger partial charge in [0.2, 0.25) is 0 Å². The average Bonchev–Trinajstić information content (AvgIpc) is 3.21. The summed E-state index contributed by atoms with van der Waals surface area (Å²) in [6.07, 6.45) is 1.16. The summed E-state index contributed by atoms with van der Waals surface area (Å²) in [5.41, 5.74) is -1.26. The molecule has 0 unspecified atom stereocenters. The van der Waals surface area contributed by atoms with Gasteiger partial charge in [0.15, 0.2) is 17.3 Å². The van der Waals surface area contributed by atoms with E-state index in [9.17, 15) is 24.6 Å². The van der Waals surface area contributed by atoms with Crippen LogP contribution in [0.15, 0.2) is 83.8 Å². The number of phenolic OH excluding ortho intramolecular Hbond substituents is 1. The number of para-hydroxylation sites is 1. The molecule has 9 heteroatoms. The molecule has 5 rings (SSSR count). The van der Waals surface area contributed by atoms with Crippen LogP contribution < -0.4 is 19.5 Å². The summed E-state index contributed by atoms with van der Waals surface area (Å²) < 4.78 is 17.1.